The maximum Gasteiger partial charge on any atom is 0.256 e. The van der Waals surface area contributed by atoms with Gasteiger partial charge in [-0.05, 0) is 49.2 Å². The minimum Gasteiger partial charge on any atom is -0.377 e. The number of ether oxygens (including phenoxy) is 1. The maximum absolute atomic E-state index is 12.7. The van der Waals surface area contributed by atoms with Crippen LogP contribution in [0.2, 0.25) is 0 Å². The lowest BCUT2D eigenvalue weighted by Gasteiger charge is -2.13. The van der Waals surface area contributed by atoms with Crippen molar-refractivity contribution in [3.63, 3.8) is 0 Å². The van der Waals surface area contributed by atoms with Crippen molar-refractivity contribution in [2.24, 2.45) is 0 Å². The Hall–Kier alpha value is -2.31. The van der Waals surface area contributed by atoms with E-state index in [9.17, 15) is 9.59 Å². The van der Waals surface area contributed by atoms with Gasteiger partial charge in [0.1, 0.15) is 0 Å². The van der Waals surface area contributed by atoms with Gasteiger partial charge in [0, 0.05) is 42.6 Å². The number of hydrogen-bond acceptors (Lipinski definition) is 4. The molecule has 0 unspecified atom stereocenters. The molecule has 0 aliphatic carbocycles. The summed E-state index contributed by atoms with van der Waals surface area (Å²) in [4.78, 5) is 27.1. The van der Waals surface area contributed by atoms with Crippen molar-refractivity contribution in [3.8, 4) is 0 Å². The first kappa shape index (κ1) is 19.5. The summed E-state index contributed by atoms with van der Waals surface area (Å²) < 4.78 is 5.67. The molecular formula is C21H24N2O3S. The number of thioether (sulfide) groups is 1. The molecule has 0 radical (unpaired) electrons. The number of nitrogens with one attached hydrogen (secondary N) is 1. The molecule has 6 heteroatoms. The molecule has 3 rings (SSSR count). The standard InChI is InChI=1S/C21H24N2O3S/c1-23(2)21(25)15-9-11-16(12-10-15)22-20(24)18-7-3-4-8-19(18)27-14-17-6-5-13-26-17/h3-4,7-12,17H,5-6,13-14H2,1-2H3,(H,22,24)/t17-/m1/s1. The van der Waals surface area contributed by atoms with E-state index in [0.717, 1.165) is 30.1 Å². The minimum absolute atomic E-state index is 0.0660. The summed E-state index contributed by atoms with van der Waals surface area (Å²) in [5.41, 5.74) is 1.90. The zero-order chi connectivity index (χ0) is 19.2. The Morgan fingerprint density at radius 3 is 2.56 bits per heavy atom. The fraction of sp³-hybridized carbons (Fsp3) is 0.333. The summed E-state index contributed by atoms with van der Waals surface area (Å²) in [6.07, 6.45) is 2.46. The molecule has 1 fully saturated rings. The fourth-order valence-electron chi connectivity index (χ4n) is 2.89. The van der Waals surface area contributed by atoms with Gasteiger partial charge in [-0.2, -0.15) is 0 Å². The Morgan fingerprint density at radius 1 is 1.15 bits per heavy atom. The Morgan fingerprint density at radius 2 is 1.89 bits per heavy atom. The third-order valence-electron chi connectivity index (χ3n) is 4.38. The molecule has 1 aliphatic heterocycles. The van der Waals surface area contributed by atoms with Crippen molar-refractivity contribution in [2.45, 2.75) is 23.8 Å². The van der Waals surface area contributed by atoms with Crippen molar-refractivity contribution in [2.75, 3.05) is 31.8 Å². The van der Waals surface area contributed by atoms with Gasteiger partial charge in [-0.15, -0.1) is 11.8 Å². The molecule has 1 atom stereocenters. The minimum atomic E-state index is -0.155. The van der Waals surface area contributed by atoms with Crippen LogP contribution in [-0.2, 0) is 4.74 Å². The van der Waals surface area contributed by atoms with Gasteiger partial charge in [0.2, 0.25) is 0 Å². The van der Waals surface area contributed by atoms with E-state index in [-0.39, 0.29) is 17.9 Å². The van der Waals surface area contributed by atoms with Crippen LogP contribution in [0.4, 0.5) is 5.69 Å². The van der Waals surface area contributed by atoms with Crippen LogP contribution in [0.15, 0.2) is 53.4 Å². The first-order valence-electron chi connectivity index (χ1n) is 9.01. The number of amides is 2. The van der Waals surface area contributed by atoms with Crippen LogP contribution in [0.25, 0.3) is 0 Å². The van der Waals surface area contributed by atoms with E-state index in [4.69, 9.17) is 4.74 Å². The van der Waals surface area contributed by atoms with Crippen LogP contribution in [0.5, 0.6) is 0 Å². The summed E-state index contributed by atoms with van der Waals surface area (Å²) in [5.74, 6) is 0.631. The lowest BCUT2D eigenvalue weighted by atomic mass is 10.1. The largest absolute Gasteiger partial charge is 0.377 e. The van der Waals surface area contributed by atoms with Gasteiger partial charge >= 0.3 is 0 Å². The van der Waals surface area contributed by atoms with E-state index < -0.39 is 0 Å². The fourth-order valence-corrected chi connectivity index (χ4v) is 4.01. The molecular weight excluding hydrogens is 360 g/mol. The average molecular weight is 385 g/mol. The number of carbonyl (C=O) groups is 2. The van der Waals surface area contributed by atoms with Gasteiger partial charge < -0.3 is 15.0 Å². The number of anilines is 1. The second-order valence-corrected chi connectivity index (χ2v) is 7.74. The number of nitrogens with zero attached hydrogens (tertiary/aromatic N) is 1. The summed E-state index contributed by atoms with van der Waals surface area (Å²) in [6, 6.07) is 14.5. The Kier molecular flexibility index (Phi) is 6.53. The Balaban J connectivity index is 1.66. The lowest BCUT2D eigenvalue weighted by molar-refractivity contribution is 0.0827. The highest BCUT2D eigenvalue weighted by atomic mass is 32.2. The van der Waals surface area contributed by atoms with Crippen molar-refractivity contribution in [3.05, 3.63) is 59.7 Å². The van der Waals surface area contributed by atoms with Gasteiger partial charge in [-0.25, -0.2) is 0 Å². The Bertz CT molecular complexity index is 799. The highest BCUT2D eigenvalue weighted by Crippen LogP contribution is 2.27. The number of rotatable bonds is 6. The second kappa shape index (κ2) is 9.06. The molecule has 0 bridgehead atoms. The molecule has 0 saturated carbocycles. The summed E-state index contributed by atoms with van der Waals surface area (Å²) in [6.45, 7) is 0.833. The first-order chi connectivity index (χ1) is 13.0. The van der Waals surface area contributed by atoms with Gasteiger partial charge in [0.15, 0.2) is 0 Å². The van der Waals surface area contributed by atoms with Crippen LogP contribution in [0, 0.1) is 0 Å². The topological polar surface area (TPSA) is 58.6 Å². The molecule has 0 aromatic heterocycles. The molecule has 2 amide bonds. The van der Waals surface area contributed by atoms with Crippen molar-refractivity contribution in [1.82, 2.24) is 4.90 Å². The third kappa shape index (κ3) is 5.11. The monoisotopic (exact) mass is 384 g/mol. The number of carbonyl (C=O) groups excluding carboxylic acids is 2. The average Bonchev–Trinajstić information content (AvgIpc) is 3.20. The normalized spacial score (nSPS) is 16.1. The molecule has 142 valence electrons. The molecule has 5 nitrogen and oxygen atoms in total. The van der Waals surface area contributed by atoms with Crippen LogP contribution < -0.4 is 5.32 Å². The van der Waals surface area contributed by atoms with Crippen LogP contribution >= 0.6 is 11.8 Å². The highest BCUT2D eigenvalue weighted by Gasteiger charge is 2.18. The van der Waals surface area contributed by atoms with Gasteiger partial charge in [-0.1, -0.05) is 12.1 Å². The maximum atomic E-state index is 12.7. The van der Waals surface area contributed by atoms with Gasteiger partial charge in [-0.3, -0.25) is 9.59 Å². The van der Waals surface area contributed by atoms with E-state index in [1.165, 1.54) is 4.90 Å². The van der Waals surface area contributed by atoms with Crippen LogP contribution in [-0.4, -0.2) is 49.3 Å². The zero-order valence-electron chi connectivity index (χ0n) is 15.6. The van der Waals surface area contributed by atoms with Crippen molar-refractivity contribution in [1.29, 1.82) is 0 Å². The van der Waals surface area contributed by atoms with Crippen LogP contribution in [0.1, 0.15) is 33.6 Å². The summed E-state index contributed by atoms with van der Waals surface area (Å²) in [5, 5.41) is 2.91. The highest BCUT2D eigenvalue weighted by molar-refractivity contribution is 7.99. The molecule has 1 N–H and O–H groups in total. The molecule has 1 saturated heterocycles. The van der Waals surface area contributed by atoms with Gasteiger partial charge in [0.05, 0.1) is 11.7 Å². The lowest BCUT2D eigenvalue weighted by Crippen LogP contribution is -2.21. The summed E-state index contributed by atoms with van der Waals surface area (Å²) in [7, 11) is 3.42. The SMILES string of the molecule is CN(C)C(=O)c1ccc(NC(=O)c2ccccc2SC[C@H]2CCCO2)cc1. The molecule has 1 heterocycles. The number of hydrogen-bond donors (Lipinski definition) is 1. The van der Waals surface area contributed by atoms with E-state index >= 15 is 0 Å². The molecule has 2 aromatic rings. The zero-order valence-corrected chi connectivity index (χ0v) is 16.4. The summed E-state index contributed by atoms with van der Waals surface area (Å²) >= 11 is 1.66. The van der Waals surface area contributed by atoms with Crippen LogP contribution in [0.3, 0.4) is 0 Å². The number of benzene rings is 2. The van der Waals surface area contributed by atoms with E-state index in [0.29, 0.717) is 16.8 Å². The molecule has 0 spiro atoms. The Labute approximate surface area is 164 Å². The molecule has 1 aliphatic rings. The smallest absolute Gasteiger partial charge is 0.256 e. The van der Waals surface area contributed by atoms with E-state index in [1.807, 2.05) is 24.3 Å². The first-order valence-corrected chi connectivity index (χ1v) is 9.99. The van der Waals surface area contributed by atoms with Crippen molar-refractivity contribution >= 4 is 29.3 Å². The van der Waals surface area contributed by atoms with Gasteiger partial charge in [0.25, 0.3) is 11.8 Å². The predicted octanol–water partition coefficient (Wildman–Crippen LogP) is 3.91. The quantitative estimate of drug-likeness (QED) is 0.767. The molecule has 2 aromatic carbocycles. The van der Waals surface area contributed by atoms with Crippen molar-refractivity contribution < 1.29 is 14.3 Å². The third-order valence-corrected chi connectivity index (χ3v) is 5.58. The van der Waals surface area contributed by atoms with E-state index in [1.54, 1.807) is 50.1 Å². The second-order valence-electron chi connectivity index (χ2n) is 6.67. The predicted molar refractivity (Wildman–Crippen MR) is 109 cm³/mol. The molecule has 27 heavy (non-hydrogen) atoms. The van der Waals surface area contributed by atoms with E-state index in [2.05, 4.69) is 5.32 Å².